The summed E-state index contributed by atoms with van der Waals surface area (Å²) in [6.07, 6.45) is 0.762. The van der Waals surface area contributed by atoms with E-state index >= 15 is 0 Å². The van der Waals surface area contributed by atoms with Gasteiger partial charge in [0, 0.05) is 13.6 Å². The summed E-state index contributed by atoms with van der Waals surface area (Å²) >= 11 is 0. The highest BCUT2D eigenvalue weighted by Crippen LogP contribution is 2.25. The van der Waals surface area contributed by atoms with Gasteiger partial charge >= 0.3 is 6.09 Å². The lowest BCUT2D eigenvalue weighted by atomic mass is 9.85. The summed E-state index contributed by atoms with van der Waals surface area (Å²) in [6.45, 7) is 6.09. The van der Waals surface area contributed by atoms with Crippen molar-refractivity contribution >= 4 is 17.9 Å². The van der Waals surface area contributed by atoms with Crippen molar-refractivity contribution in [3.05, 3.63) is 0 Å². The third-order valence-corrected chi connectivity index (χ3v) is 3.65. The zero-order valence-corrected chi connectivity index (χ0v) is 13.4. The highest BCUT2D eigenvalue weighted by atomic mass is 16.5. The Kier molecular flexibility index (Phi) is 5.57. The van der Waals surface area contributed by atoms with Crippen LogP contribution in [0.3, 0.4) is 0 Å². The smallest absolute Gasteiger partial charge is 0.407 e. The van der Waals surface area contributed by atoms with Gasteiger partial charge in [-0.3, -0.25) is 9.59 Å². The molecular weight excluding hydrogens is 274 g/mol. The molecular formula is C14H25N3O4. The molecule has 1 rings (SSSR count). The van der Waals surface area contributed by atoms with E-state index in [0.717, 1.165) is 6.42 Å². The molecule has 2 atom stereocenters. The van der Waals surface area contributed by atoms with E-state index in [2.05, 4.69) is 15.4 Å². The van der Waals surface area contributed by atoms with Gasteiger partial charge in [0.15, 0.2) is 0 Å². The van der Waals surface area contributed by atoms with Crippen molar-refractivity contribution in [2.75, 3.05) is 20.7 Å². The van der Waals surface area contributed by atoms with Crippen LogP contribution in [0.2, 0.25) is 0 Å². The van der Waals surface area contributed by atoms with E-state index in [0.29, 0.717) is 13.0 Å². The van der Waals surface area contributed by atoms with E-state index in [1.165, 1.54) is 7.11 Å². The molecule has 1 fully saturated rings. The van der Waals surface area contributed by atoms with Gasteiger partial charge in [-0.05, 0) is 18.3 Å². The molecule has 21 heavy (non-hydrogen) atoms. The highest BCUT2D eigenvalue weighted by molar-refractivity contribution is 5.92. The fraction of sp³-hybridized carbons (Fsp3) is 0.786. The molecule has 0 aliphatic carbocycles. The molecule has 0 spiro atoms. The molecule has 1 aliphatic heterocycles. The Hall–Kier alpha value is -1.79. The number of hydrogen-bond acceptors (Lipinski definition) is 4. The Morgan fingerprint density at radius 3 is 2.38 bits per heavy atom. The first-order valence-electron chi connectivity index (χ1n) is 7.09. The van der Waals surface area contributed by atoms with Gasteiger partial charge in [-0.15, -0.1) is 0 Å². The van der Waals surface area contributed by atoms with Gasteiger partial charge in [0.05, 0.1) is 7.11 Å². The number of ether oxygens (including phenoxy) is 1. The van der Waals surface area contributed by atoms with Crippen molar-refractivity contribution in [3.8, 4) is 0 Å². The highest BCUT2D eigenvalue weighted by Gasteiger charge is 2.41. The summed E-state index contributed by atoms with van der Waals surface area (Å²) in [5, 5.41) is 5.15. The Labute approximate surface area is 125 Å². The third kappa shape index (κ3) is 4.09. The fourth-order valence-electron chi connectivity index (χ4n) is 2.46. The van der Waals surface area contributed by atoms with Crippen LogP contribution >= 0.6 is 0 Å². The van der Waals surface area contributed by atoms with Crippen LogP contribution in [-0.4, -0.2) is 55.6 Å². The summed E-state index contributed by atoms with van der Waals surface area (Å²) in [5.41, 5.74) is -0.485. The number of likely N-dealkylation sites (N-methyl/N-ethyl adjacent to an activating group) is 1. The van der Waals surface area contributed by atoms with Crippen LogP contribution in [0.15, 0.2) is 0 Å². The van der Waals surface area contributed by atoms with E-state index in [1.54, 1.807) is 11.9 Å². The molecule has 0 bridgehead atoms. The molecule has 0 aromatic heterocycles. The molecule has 0 saturated carbocycles. The zero-order chi connectivity index (χ0) is 16.2. The maximum absolute atomic E-state index is 12.8. The normalized spacial score (nSPS) is 19.9. The monoisotopic (exact) mass is 299 g/mol. The molecule has 1 aliphatic rings. The largest absolute Gasteiger partial charge is 0.453 e. The molecule has 0 aromatic carbocycles. The quantitative estimate of drug-likeness (QED) is 0.794. The number of nitrogens with zero attached hydrogens (tertiary/aromatic N) is 1. The SMILES string of the molecule is CNC(=O)[C@@H]1CCCN1C(=O)[C@@H](NC(=O)OC)C(C)(C)C. The van der Waals surface area contributed by atoms with Crippen molar-refractivity contribution in [2.45, 2.75) is 45.7 Å². The van der Waals surface area contributed by atoms with Crippen LogP contribution in [0.1, 0.15) is 33.6 Å². The maximum atomic E-state index is 12.8. The predicted octanol–water partition coefficient (Wildman–Crippen LogP) is 0.494. The molecule has 3 amide bonds. The summed E-state index contributed by atoms with van der Waals surface area (Å²) in [7, 11) is 2.81. The third-order valence-electron chi connectivity index (χ3n) is 3.65. The molecule has 0 unspecified atom stereocenters. The van der Waals surface area contributed by atoms with Gasteiger partial charge in [-0.25, -0.2) is 4.79 Å². The molecule has 120 valence electrons. The van der Waals surface area contributed by atoms with Crippen LogP contribution in [0, 0.1) is 5.41 Å². The summed E-state index contributed by atoms with van der Waals surface area (Å²) in [6, 6.07) is -1.21. The maximum Gasteiger partial charge on any atom is 0.407 e. The van der Waals surface area contributed by atoms with Crippen molar-refractivity contribution in [1.29, 1.82) is 0 Å². The molecule has 1 heterocycles. The number of rotatable bonds is 3. The number of hydrogen-bond donors (Lipinski definition) is 2. The Bertz CT molecular complexity index is 417. The molecule has 0 aromatic rings. The van der Waals surface area contributed by atoms with E-state index in [9.17, 15) is 14.4 Å². The minimum absolute atomic E-state index is 0.174. The lowest BCUT2D eigenvalue weighted by Crippen LogP contribution is -2.57. The summed E-state index contributed by atoms with van der Waals surface area (Å²) < 4.78 is 4.58. The lowest BCUT2D eigenvalue weighted by molar-refractivity contribution is -0.141. The van der Waals surface area contributed by atoms with Gasteiger partial charge in [0.25, 0.3) is 0 Å². The molecule has 7 heteroatoms. The first-order valence-corrected chi connectivity index (χ1v) is 7.09. The van der Waals surface area contributed by atoms with E-state index in [-0.39, 0.29) is 11.8 Å². The number of nitrogens with one attached hydrogen (secondary N) is 2. The molecule has 1 saturated heterocycles. The Morgan fingerprint density at radius 1 is 1.29 bits per heavy atom. The average Bonchev–Trinajstić information content (AvgIpc) is 2.90. The number of amides is 3. The Balaban J connectivity index is 2.94. The van der Waals surface area contributed by atoms with Crippen molar-refractivity contribution < 1.29 is 19.1 Å². The van der Waals surface area contributed by atoms with Crippen LogP contribution in [0.5, 0.6) is 0 Å². The first-order chi connectivity index (χ1) is 9.72. The topological polar surface area (TPSA) is 87.7 Å². The van der Waals surface area contributed by atoms with Crippen LogP contribution in [0.4, 0.5) is 4.79 Å². The minimum atomic E-state index is -0.741. The van der Waals surface area contributed by atoms with Gasteiger partial charge in [-0.1, -0.05) is 20.8 Å². The fourth-order valence-corrected chi connectivity index (χ4v) is 2.46. The van der Waals surface area contributed by atoms with Gasteiger partial charge in [-0.2, -0.15) is 0 Å². The summed E-state index contributed by atoms with van der Waals surface area (Å²) in [4.78, 5) is 37.6. The van der Waals surface area contributed by atoms with Crippen LogP contribution in [-0.2, 0) is 14.3 Å². The van der Waals surface area contributed by atoms with Crippen molar-refractivity contribution in [2.24, 2.45) is 5.41 Å². The first kappa shape index (κ1) is 17.3. The number of likely N-dealkylation sites (tertiary alicyclic amines) is 1. The second kappa shape index (κ2) is 6.78. The number of carbonyl (C=O) groups is 3. The molecule has 7 nitrogen and oxygen atoms in total. The van der Waals surface area contributed by atoms with Gasteiger partial charge in [0.1, 0.15) is 12.1 Å². The Morgan fingerprint density at radius 2 is 1.90 bits per heavy atom. The second-order valence-electron chi connectivity index (χ2n) is 6.24. The summed E-state index contributed by atoms with van der Waals surface area (Å²) in [5.74, 6) is -0.425. The molecule has 0 radical (unpaired) electrons. The second-order valence-corrected chi connectivity index (χ2v) is 6.24. The number of carbonyl (C=O) groups excluding carboxylic acids is 3. The van der Waals surface area contributed by atoms with E-state index in [4.69, 9.17) is 0 Å². The van der Waals surface area contributed by atoms with Gasteiger partial charge in [0.2, 0.25) is 11.8 Å². The van der Waals surface area contributed by atoms with Crippen molar-refractivity contribution in [3.63, 3.8) is 0 Å². The lowest BCUT2D eigenvalue weighted by Gasteiger charge is -2.34. The van der Waals surface area contributed by atoms with Crippen LogP contribution < -0.4 is 10.6 Å². The van der Waals surface area contributed by atoms with Gasteiger partial charge < -0.3 is 20.3 Å². The average molecular weight is 299 g/mol. The van der Waals surface area contributed by atoms with Crippen molar-refractivity contribution in [1.82, 2.24) is 15.5 Å². The standard InChI is InChI=1S/C14H25N3O4/c1-14(2,3)10(16-13(20)21-5)12(19)17-8-6-7-9(17)11(18)15-4/h9-10H,6-8H2,1-5H3,(H,15,18)(H,16,20)/t9-,10+/m0/s1. The van der Waals surface area contributed by atoms with Crippen LogP contribution in [0.25, 0.3) is 0 Å². The molecule has 2 N–H and O–H groups in total. The van der Waals surface area contributed by atoms with E-state index in [1.807, 2.05) is 20.8 Å². The number of methoxy groups -OCH3 is 1. The minimum Gasteiger partial charge on any atom is -0.453 e. The zero-order valence-electron chi connectivity index (χ0n) is 13.4. The van der Waals surface area contributed by atoms with E-state index < -0.39 is 23.6 Å². The number of alkyl carbamates (subject to hydrolysis) is 1. The predicted molar refractivity (Wildman–Crippen MR) is 77.6 cm³/mol.